The predicted octanol–water partition coefficient (Wildman–Crippen LogP) is 1.28. The highest BCUT2D eigenvalue weighted by atomic mass is 16.6. The molecule has 9 heteroatoms. The number of Topliss-reactive ketones (excluding diaryl/α,β-unsaturated/α-hetero) is 1. The van der Waals surface area contributed by atoms with Gasteiger partial charge in [-0.2, -0.15) is 0 Å². The van der Waals surface area contributed by atoms with Gasteiger partial charge in [0, 0.05) is 44.6 Å². The number of hydrogen-bond donors (Lipinski definition) is 1. The van der Waals surface area contributed by atoms with Crippen molar-refractivity contribution in [1.29, 1.82) is 0 Å². The Balaban J connectivity index is 1.48. The summed E-state index contributed by atoms with van der Waals surface area (Å²) in [4.78, 5) is 51.1. The van der Waals surface area contributed by atoms with Gasteiger partial charge in [-0.3, -0.25) is 14.4 Å². The minimum Gasteiger partial charge on any atom is -0.482 e. The number of ketones is 1. The molecule has 0 saturated carbocycles. The summed E-state index contributed by atoms with van der Waals surface area (Å²) in [5.41, 5.74) is 0.882. The van der Waals surface area contributed by atoms with Gasteiger partial charge in [0.2, 0.25) is 5.91 Å². The zero-order valence-electron chi connectivity index (χ0n) is 15.7. The molecular weight excluding hydrogens is 366 g/mol. The van der Waals surface area contributed by atoms with E-state index in [9.17, 15) is 19.2 Å². The van der Waals surface area contributed by atoms with Crippen LogP contribution in [0, 0.1) is 0 Å². The Morgan fingerprint density at radius 3 is 2.54 bits per heavy atom. The Labute approximate surface area is 162 Å². The topological polar surface area (TPSA) is 105 Å². The molecule has 0 radical (unpaired) electrons. The first-order valence-corrected chi connectivity index (χ1v) is 9.27. The monoisotopic (exact) mass is 389 g/mol. The van der Waals surface area contributed by atoms with Crippen molar-refractivity contribution < 1.29 is 28.7 Å². The van der Waals surface area contributed by atoms with Crippen LogP contribution >= 0.6 is 0 Å². The van der Waals surface area contributed by atoms with Crippen molar-refractivity contribution in [2.24, 2.45) is 0 Å². The van der Waals surface area contributed by atoms with Crippen LogP contribution in [0.4, 0.5) is 10.5 Å². The Bertz CT molecular complexity index is 786. The number of fused-ring (bicyclic) bond motifs is 1. The summed E-state index contributed by atoms with van der Waals surface area (Å²) in [6.07, 6.45) is -0.198. The third kappa shape index (κ3) is 4.59. The van der Waals surface area contributed by atoms with Crippen molar-refractivity contribution in [3.8, 4) is 5.75 Å². The lowest BCUT2D eigenvalue weighted by Gasteiger charge is -2.34. The first-order chi connectivity index (χ1) is 13.5. The van der Waals surface area contributed by atoms with Gasteiger partial charge in [0.1, 0.15) is 5.75 Å². The van der Waals surface area contributed by atoms with Gasteiger partial charge in [-0.05, 0) is 25.1 Å². The molecule has 0 aliphatic carbocycles. The molecule has 1 fully saturated rings. The van der Waals surface area contributed by atoms with Crippen LogP contribution in [0.15, 0.2) is 18.2 Å². The maximum atomic E-state index is 12.4. The molecule has 2 aliphatic heterocycles. The van der Waals surface area contributed by atoms with Crippen molar-refractivity contribution in [2.75, 3.05) is 44.7 Å². The number of benzene rings is 1. The minimum absolute atomic E-state index is 0.0434. The van der Waals surface area contributed by atoms with Crippen molar-refractivity contribution in [1.82, 2.24) is 9.80 Å². The maximum Gasteiger partial charge on any atom is 0.409 e. The summed E-state index contributed by atoms with van der Waals surface area (Å²) in [6, 6.07) is 4.83. The molecule has 0 bridgehead atoms. The molecule has 2 heterocycles. The molecular formula is C19H23N3O6. The summed E-state index contributed by atoms with van der Waals surface area (Å²) in [5, 5.41) is 2.66. The minimum atomic E-state index is -0.367. The van der Waals surface area contributed by atoms with E-state index in [2.05, 4.69) is 5.32 Å². The van der Waals surface area contributed by atoms with E-state index < -0.39 is 0 Å². The van der Waals surface area contributed by atoms with E-state index in [4.69, 9.17) is 9.47 Å². The van der Waals surface area contributed by atoms with Gasteiger partial charge in [0.15, 0.2) is 12.4 Å². The lowest BCUT2D eigenvalue weighted by atomic mass is 10.0. The van der Waals surface area contributed by atoms with Crippen molar-refractivity contribution >= 4 is 29.4 Å². The quantitative estimate of drug-likeness (QED) is 0.761. The van der Waals surface area contributed by atoms with E-state index in [1.54, 1.807) is 34.9 Å². The molecule has 0 atom stereocenters. The van der Waals surface area contributed by atoms with Crippen molar-refractivity contribution in [2.45, 2.75) is 19.8 Å². The van der Waals surface area contributed by atoms with Crippen LogP contribution < -0.4 is 10.1 Å². The van der Waals surface area contributed by atoms with Crippen LogP contribution in [0.2, 0.25) is 0 Å². The van der Waals surface area contributed by atoms with Gasteiger partial charge in [-0.25, -0.2) is 4.79 Å². The molecule has 28 heavy (non-hydrogen) atoms. The molecule has 150 valence electrons. The fourth-order valence-electron chi connectivity index (χ4n) is 3.13. The maximum absolute atomic E-state index is 12.4. The molecule has 9 nitrogen and oxygen atoms in total. The van der Waals surface area contributed by atoms with Crippen molar-refractivity contribution in [3.63, 3.8) is 0 Å². The van der Waals surface area contributed by atoms with Gasteiger partial charge in [0.25, 0.3) is 5.91 Å². The summed E-state index contributed by atoms with van der Waals surface area (Å²) in [5.74, 6) is -0.0477. The van der Waals surface area contributed by atoms with Crippen LogP contribution in [0.1, 0.15) is 30.1 Å². The van der Waals surface area contributed by atoms with E-state index in [1.807, 2.05) is 0 Å². The number of piperazine rings is 1. The summed E-state index contributed by atoms with van der Waals surface area (Å²) in [6.45, 7) is 3.71. The average molecular weight is 389 g/mol. The summed E-state index contributed by atoms with van der Waals surface area (Å²) < 4.78 is 10.2. The van der Waals surface area contributed by atoms with Gasteiger partial charge in [-0.1, -0.05) is 0 Å². The molecule has 1 N–H and O–H groups in total. The first kappa shape index (κ1) is 19.7. The van der Waals surface area contributed by atoms with E-state index in [1.165, 1.54) is 0 Å². The second-order valence-electron chi connectivity index (χ2n) is 6.54. The normalized spacial score (nSPS) is 16.0. The second kappa shape index (κ2) is 8.73. The summed E-state index contributed by atoms with van der Waals surface area (Å²) in [7, 11) is 0. The highest BCUT2D eigenvalue weighted by Gasteiger charge is 2.25. The highest BCUT2D eigenvalue weighted by Crippen LogP contribution is 2.29. The van der Waals surface area contributed by atoms with E-state index in [0.717, 1.165) is 0 Å². The predicted molar refractivity (Wildman–Crippen MR) is 99.3 cm³/mol. The number of ether oxygens (including phenoxy) is 2. The molecule has 3 rings (SSSR count). The van der Waals surface area contributed by atoms with Gasteiger partial charge < -0.3 is 24.6 Å². The zero-order chi connectivity index (χ0) is 20.1. The molecule has 0 spiro atoms. The number of anilines is 1. The van der Waals surface area contributed by atoms with E-state index in [-0.39, 0.29) is 43.1 Å². The Hall–Kier alpha value is -3.10. The SMILES string of the molecule is CCOC(=O)N1CCN(C(=O)CCC(=O)c2ccc3c(c2)NC(=O)CO3)CC1. The average Bonchev–Trinajstić information content (AvgIpc) is 2.71. The van der Waals surface area contributed by atoms with Gasteiger partial charge in [0.05, 0.1) is 12.3 Å². The Morgan fingerprint density at radius 1 is 1.11 bits per heavy atom. The molecule has 0 aromatic heterocycles. The van der Waals surface area contributed by atoms with E-state index in [0.29, 0.717) is 49.8 Å². The zero-order valence-corrected chi connectivity index (χ0v) is 15.7. The first-order valence-electron chi connectivity index (χ1n) is 9.27. The number of nitrogens with zero attached hydrogens (tertiary/aromatic N) is 2. The number of hydrogen-bond acceptors (Lipinski definition) is 6. The molecule has 1 aromatic rings. The fraction of sp³-hybridized carbons (Fsp3) is 0.474. The third-order valence-corrected chi connectivity index (χ3v) is 4.66. The fourth-order valence-corrected chi connectivity index (χ4v) is 3.13. The smallest absolute Gasteiger partial charge is 0.409 e. The molecule has 1 saturated heterocycles. The van der Waals surface area contributed by atoms with Crippen LogP contribution in [0.25, 0.3) is 0 Å². The molecule has 1 aromatic carbocycles. The molecule has 2 aliphatic rings. The largest absolute Gasteiger partial charge is 0.482 e. The van der Waals surface area contributed by atoms with Crippen LogP contribution in [-0.2, 0) is 14.3 Å². The number of amides is 3. The third-order valence-electron chi connectivity index (χ3n) is 4.66. The molecule has 0 unspecified atom stereocenters. The highest BCUT2D eigenvalue weighted by molar-refractivity contribution is 6.01. The number of carbonyl (C=O) groups is 4. The van der Waals surface area contributed by atoms with Crippen molar-refractivity contribution in [3.05, 3.63) is 23.8 Å². The molecule has 3 amide bonds. The number of nitrogens with one attached hydrogen (secondary N) is 1. The lowest BCUT2D eigenvalue weighted by Crippen LogP contribution is -2.50. The van der Waals surface area contributed by atoms with Crippen LogP contribution in [0.3, 0.4) is 0 Å². The van der Waals surface area contributed by atoms with Gasteiger partial charge >= 0.3 is 6.09 Å². The lowest BCUT2D eigenvalue weighted by molar-refractivity contribution is -0.132. The standard InChI is InChI=1S/C19H23N3O6/c1-2-27-19(26)22-9-7-21(8-10-22)18(25)6-4-15(23)13-3-5-16-14(11-13)20-17(24)12-28-16/h3,5,11H,2,4,6-10,12H2,1H3,(H,20,24). The number of rotatable bonds is 5. The Kier molecular flexibility index (Phi) is 6.13. The van der Waals surface area contributed by atoms with E-state index >= 15 is 0 Å². The van der Waals surface area contributed by atoms with Gasteiger partial charge in [-0.15, -0.1) is 0 Å². The van der Waals surface area contributed by atoms with Crippen LogP contribution in [0.5, 0.6) is 5.75 Å². The Morgan fingerprint density at radius 2 is 1.82 bits per heavy atom. The van der Waals surface area contributed by atoms with Crippen LogP contribution in [-0.4, -0.2) is 72.9 Å². The number of carbonyl (C=O) groups excluding carboxylic acids is 4. The summed E-state index contributed by atoms with van der Waals surface area (Å²) >= 11 is 0. The second-order valence-corrected chi connectivity index (χ2v) is 6.54.